The summed E-state index contributed by atoms with van der Waals surface area (Å²) in [4.78, 5) is 5.35. The average molecular weight is 293 g/mol. The van der Waals surface area contributed by atoms with Crippen molar-refractivity contribution in [3.8, 4) is 11.5 Å². The number of benzene rings is 1. The van der Waals surface area contributed by atoms with Crippen LogP contribution in [0, 0.1) is 0 Å². The lowest BCUT2D eigenvalue weighted by atomic mass is 10.3. The lowest BCUT2D eigenvalue weighted by Gasteiger charge is -2.14. The maximum Gasteiger partial charge on any atom is 0.158 e. The van der Waals surface area contributed by atoms with E-state index < -0.39 is 0 Å². The SMILES string of the molecule is CC/C(C)=N/OC(C)COc1ccc(OC(C)CC)cc1. The molecule has 0 spiro atoms. The molecule has 0 N–H and O–H groups in total. The molecular weight excluding hydrogens is 266 g/mol. The van der Waals surface area contributed by atoms with Gasteiger partial charge in [0.05, 0.1) is 11.8 Å². The summed E-state index contributed by atoms with van der Waals surface area (Å²) >= 11 is 0. The van der Waals surface area contributed by atoms with Crippen LogP contribution in [0.3, 0.4) is 0 Å². The molecule has 1 aromatic carbocycles. The first-order valence-corrected chi connectivity index (χ1v) is 7.63. The highest BCUT2D eigenvalue weighted by Crippen LogP contribution is 2.19. The Morgan fingerprint density at radius 2 is 1.67 bits per heavy atom. The molecule has 0 fully saturated rings. The largest absolute Gasteiger partial charge is 0.491 e. The Labute approximate surface area is 128 Å². The Bertz CT molecular complexity index is 428. The van der Waals surface area contributed by atoms with Crippen LogP contribution >= 0.6 is 0 Å². The molecule has 0 heterocycles. The fourth-order valence-electron chi connectivity index (χ4n) is 1.42. The Morgan fingerprint density at radius 1 is 1.05 bits per heavy atom. The van der Waals surface area contributed by atoms with Gasteiger partial charge in [-0.25, -0.2) is 0 Å². The number of hydrogen-bond acceptors (Lipinski definition) is 4. The molecule has 4 nitrogen and oxygen atoms in total. The molecule has 0 saturated heterocycles. The molecule has 0 bridgehead atoms. The van der Waals surface area contributed by atoms with E-state index in [-0.39, 0.29) is 12.2 Å². The Hall–Kier alpha value is -1.71. The first-order chi connectivity index (χ1) is 10.0. The van der Waals surface area contributed by atoms with Crippen molar-refractivity contribution in [3.63, 3.8) is 0 Å². The van der Waals surface area contributed by atoms with E-state index in [2.05, 4.69) is 19.0 Å². The van der Waals surface area contributed by atoms with Crippen molar-refractivity contribution < 1.29 is 14.3 Å². The molecule has 0 aliphatic rings. The zero-order chi connectivity index (χ0) is 15.7. The fourth-order valence-corrected chi connectivity index (χ4v) is 1.42. The third kappa shape index (κ3) is 7.02. The fraction of sp³-hybridized carbons (Fsp3) is 0.588. The van der Waals surface area contributed by atoms with Crippen LogP contribution in [0.5, 0.6) is 11.5 Å². The molecule has 0 aromatic heterocycles. The van der Waals surface area contributed by atoms with Gasteiger partial charge in [0.1, 0.15) is 18.1 Å². The first kappa shape index (κ1) is 17.3. The molecule has 118 valence electrons. The molecule has 1 rings (SSSR count). The van der Waals surface area contributed by atoms with Crippen molar-refractivity contribution in [1.29, 1.82) is 0 Å². The quantitative estimate of drug-likeness (QED) is 0.499. The lowest BCUT2D eigenvalue weighted by molar-refractivity contribution is 0.0362. The minimum atomic E-state index is -0.0810. The maximum atomic E-state index is 5.72. The Kier molecular flexibility index (Phi) is 7.65. The van der Waals surface area contributed by atoms with Crippen LogP contribution in [-0.4, -0.2) is 24.5 Å². The van der Waals surface area contributed by atoms with Gasteiger partial charge in [-0.1, -0.05) is 19.0 Å². The van der Waals surface area contributed by atoms with E-state index in [1.807, 2.05) is 45.0 Å². The normalized spacial score (nSPS) is 14.4. The van der Waals surface area contributed by atoms with Gasteiger partial charge in [0.25, 0.3) is 0 Å². The molecule has 0 amide bonds. The first-order valence-electron chi connectivity index (χ1n) is 7.63. The van der Waals surface area contributed by atoms with Crippen molar-refractivity contribution >= 4 is 5.71 Å². The van der Waals surface area contributed by atoms with Gasteiger partial charge in [-0.15, -0.1) is 0 Å². The summed E-state index contributed by atoms with van der Waals surface area (Å²) in [6.45, 7) is 10.6. The van der Waals surface area contributed by atoms with Crippen LogP contribution in [0.4, 0.5) is 0 Å². The van der Waals surface area contributed by atoms with Gasteiger partial charge in [0.15, 0.2) is 6.10 Å². The van der Waals surface area contributed by atoms with Crippen LogP contribution < -0.4 is 9.47 Å². The molecule has 0 aliphatic carbocycles. The zero-order valence-corrected chi connectivity index (χ0v) is 13.8. The van der Waals surface area contributed by atoms with Gasteiger partial charge in [-0.05, 0) is 57.9 Å². The topological polar surface area (TPSA) is 40.0 Å². The monoisotopic (exact) mass is 293 g/mol. The zero-order valence-electron chi connectivity index (χ0n) is 13.8. The second-order valence-corrected chi connectivity index (χ2v) is 5.22. The van der Waals surface area contributed by atoms with Gasteiger partial charge in [-0.3, -0.25) is 0 Å². The smallest absolute Gasteiger partial charge is 0.158 e. The van der Waals surface area contributed by atoms with E-state index in [0.717, 1.165) is 30.1 Å². The van der Waals surface area contributed by atoms with Crippen molar-refractivity contribution in [2.24, 2.45) is 5.16 Å². The number of ether oxygens (including phenoxy) is 2. The van der Waals surface area contributed by atoms with Crippen molar-refractivity contribution in [2.45, 2.75) is 59.7 Å². The van der Waals surface area contributed by atoms with E-state index in [9.17, 15) is 0 Å². The van der Waals surface area contributed by atoms with Gasteiger partial charge in [0, 0.05) is 0 Å². The van der Waals surface area contributed by atoms with Crippen molar-refractivity contribution in [2.75, 3.05) is 6.61 Å². The summed E-state index contributed by atoms with van der Waals surface area (Å²) in [7, 11) is 0. The molecule has 0 radical (unpaired) electrons. The number of nitrogens with zero attached hydrogens (tertiary/aromatic N) is 1. The van der Waals surface area contributed by atoms with Crippen molar-refractivity contribution in [1.82, 2.24) is 0 Å². The lowest BCUT2D eigenvalue weighted by Crippen LogP contribution is -2.16. The molecule has 2 unspecified atom stereocenters. The highest BCUT2D eigenvalue weighted by molar-refractivity contribution is 5.80. The van der Waals surface area contributed by atoms with Crippen LogP contribution in [0.1, 0.15) is 47.5 Å². The third-order valence-corrected chi connectivity index (χ3v) is 3.12. The third-order valence-electron chi connectivity index (χ3n) is 3.12. The van der Waals surface area contributed by atoms with E-state index in [0.29, 0.717) is 6.61 Å². The average Bonchev–Trinajstić information content (AvgIpc) is 2.51. The number of rotatable bonds is 9. The molecule has 0 aliphatic heterocycles. The van der Waals surface area contributed by atoms with Gasteiger partial charge in [0.2, 0.25) is 0 Å². The van der Waals surface area contributed by atoms with E-state index in [4.69, 9.17) is 14.3 Å². The highest BCUT2D eigenvalue weighted by Gasteiger charge is 2.05. The highest BCUT2D eigenvalue weighted by atomic mass is 16.6. The number of hydrogen-bond donors (Lipinski definition) is 0. The predicted molar refractivity (Wildman–Crippen MR) is 86.3 cm³/mol. The summed E-state index contributed by atoms with van der Waals surface area (Å²) in [5.41, 5.74) is 0.980. The molecule has 21 heavy (non-hydrogen) atoms. The van der Waals surface area contributed by atoms with E-state index in [1.54, 1.807) is 0 Å². The number of oxime groups is 1. The summed E-state index contributed by atoms with van der Waals surface area (Å²) in [5, 5.41) is 4.03. The van der Waals surface area contributed by atoms with E-state index in [1.165, 1.54) is 0 Å². The Morgan fingerprint density at radius 3 is 2.24 bits per heavy atom. The molecule has 4 heteroatoms. The van der Waals surface area contributed by atoms with Crippen LogP contribution in [0.15, 0.2) is 29.4 Å². The second kappa shape index (κ2) is 9.27. The van der Waals surface area contributed by atoms with Crippen LogP contribution in [0.2, 0.25) is 0 Å². The van der Waals surface area contributed by atoms with E-state index >= 15 is 0 Å². The van der Waals surface area contributed by atoms with Crippen LogP contribution in [0.25, 0.3) is 0 Å². The maximum absolute atomic E-state index is 5.72. The molecular formula is C17H27NO3. The summed E-state index contributed by atoms with van der Waals surface area (Å²) < 4.78 is 11.4. The molecule has 0 saturated carbocycles. The van der Waals surface area contributed by atoms with Gasteiger partial charge in [-0.2, -0.15) is 0 Å². The minimum absolute atomic E-state index is 0.0810. The Balaban J connectivity index is 2.38. The standard InChI is InChI=1S/C17H27NO3/c1-6-13(3)18-21-15(5)12-19-16-8-10-17(11-9-16)20-14(4)7-2/h8-11,14-15H,6-7,12H2,1-5H3/b18-13+. The molecule has 2 atom stereocenters. The van der Waals surface area contributed by atoms with Gasteiger partial charge >= 0.3 is 0 Å². The van der Waals surface area contributed by atoms with Crippen molar-refractivity contribution in [3.05, 3.63) is 24.3 Å². The summed E-state index contributed by atoms with van der Waals surface area (Å²) in [6.07, 6.45) is 2.03. The minimum Gasteiger partial charge on any atom is -0.491 e. The summed E-state index contributed by atoms with van der Waals surface area (Å²) in [5.74, 6) is 1.67. The predicted octanol–water partition coefficient (Wildman–Crippen LogP) is 4.43. The molecule has 1 aromatic rings. The second-order valence-electron chi connectivity index (χ2n) is 5.22. The van der Waals surface area contributed by atoms with Gasteiger partial charge < -0.3 is 14.3 Å². The summed E-state index contributed by atoms with van der Waals surface area (Å²) in [6, 6.07) is 7.66. The van der Waals surface area contributed by atoms with Crippen LogP contribution in [-0.2, 0) is 4.84 Å².